The van der Waals surface area contributed by atoms with Gasteiger partial charge in [0.2, 0.25) is 0 Å². The van der Waals surface area contributed by atoms with Gasteiger partial charge in [0.15, 0.2) is 11.5 Å². The number of rotatable bonds is 10. The van der Waals surface area contributed by atoms with Crippen molar-refractivity contribution in [3.63, 3.8) is 0 Å². The van der Waals surface area contributed by atoms with Crippen LogP contribution in [0.4, 0.5) is 5.69 Å². The fourth-order valence-corrected chi connectivity index (χ4v) is 4.70. The summed E-state index contributed by atoms with van der Waals surface area (Å²) in [5, 5.41) is 23.0. The molecule has 37 heavy (non-hydrogen) atoms. The Hall–Kier alpha value is -4.21. The summed E-state index contributed by atoms with van der Waals surface area (Å²) in [4.78, 5) is 22.4. The van der Waals surface area contributed by atoms with Gasteiger partial charge in [0, 0.05) is 18.7 Å². The van der Waals surface area contributed by atoms with Crippen molar-refractivity contribution in [3.8, 4) is 17.6 Å². The standard InChI is InChI=1S/C25H20BrN3O7S/c1-2-35-23-14-18(12-19(15-27)25(30)28-16-17-6-4-3-5-7-17)13-22(26)24(23)36-37(33,34)21-10-8-20(9-11-21)29(31)32/h3-14H,2,16H2,1H3,(H,28,30)/b19-12+. The van der Waals surface area contributed by atoms with E-state index in [1.165, 1.54) is 18.2 Å². The number of non-ortho nitro benzene ring substituents is 1. The number of nitrogens with one attached hydrogen (secondary N) is 1. The SMILES string of the molecule is CCOc1cc(/C=C(\C#N)C(=O)NCc2ccccc2)cc(Br)c1OS(=O)(=O)c1ccc([N+](=O)[O-])cc1. The van der Waals surface area contributed by atoms with Crippen LogP contribution in [0.5, 0.6) is 11.5 Å². The molecule has 190 valence electrons. The van der Waals surface area contributed by atoms with Crippen LogP contribution < -0.4 is 14.2 Å². The number of ether oxygens (including phenoxy) is 1. The number of halogens is 1. The molecule has 0 aliphatic rings. The van der Waals surface area contributed by atoms with Crippen LogP contribution in [0.3, 0.4) is 0 Å². The average molecular weight is 586 g/mol. The number of carbonyl (C=O) groups is 1. The Morgan fingerprint density at radius 3 is 2.43 bits per heavy atom. The average Bonchev–Trinajstić information content (AvgIpc) is 2.88. The highest BCUT2D eigenvalue weighted by Crippen LogP contribution is 2.39. The minimum Gasteiger partial charge on any atom is -0.490 e. The second kappa shape index (κ2) is 12.2. The Morgan fingerprint density at radius 2 is 1.84 bits per heavy atom. The third kappa shape index (κ3) is 7.16. The number of nitro groups is 1. The van der Waals surface area contributed by atoms with E-state index in [-0.39, 0.29) is 45.3 Å². The number of nitro benzene ring substituents is 1. The molecule has 0 atom stereocenters. The lowest BCUT2D eigenvalue weighted by atomic mass is 10.1. The zero-order valence-corrected chi connectivity index (χ0v) is 21.8. The van der Waals surface area contributed by atoms with Crippen molar-refractivity contribution in [3.05, 3.63) is 98.0 Å². The highest BCUT2D eigenvalue weighted by molar-refractivity contribution is 9.10. The third-order valence-corrected chi connectivity index (χ3v) is 6.66. The van der Waals surface area contributed by atoms with E-state index in [9.17, 15) is 28.6 Å². The van der Waals surface area contributed by atoms with Crippen LogP contribution in [0.2, 0.25) is 0 Å². The first kappa shape index (κ1) is 27.4. The maximum absolute atomic E-state index is 12.8. The third-order valence-electron chi connectivity index (χ3n) is 4.83. The van der Waals surface area contributed by atoms with Gasteiger partial charge < -0.3 is 14.2 Å². The molecule has 0 saturated heterocycles. The van der Waals surface area contributed by atoms with Gasteiger partial charge >= 0.3 is 10.1 Å². The maximum atomic E-state index is 12.8. The van der Waals surface area contributed by atoms with Crippen molar-refractivity contribution < 1.29 is 27.1 Å². The van der Waals surface area contributed by atoms with Crippen molar-refractivity contribution in [2.24, 2.45) is 0 Å². The van der Waals surface area contributed by atoms with Gasteiger partial charge in [0.05, 0.1) is 16.0 Å². The van der Waals surface area contributed by atoms with Gasteiger partial charge in [-0.15, -0.1) is 0 Å². The molecule has 0 fully saturated rings. The number of nitriles is 1. The summed E-state index contributed by atoms with van der Waals surface area (Å²) in [7, 11) is -4.37. The monoisotopic (exact) mass is 585 g/mol. The first-order chi connectivity index (χ1) is 17.6. The molecule has 0 heterocycles. The maximum Gasteiger partial charge on any atom is 0.339 e. The van der Waals surface area contributed by atoms with E-state index in [1.54, 1.807) is 6.92 Å². The zero-order valence-electron chi connectivity index (χ0n) is 19.4. The molecule has 1 N–H and O–H groups in total. The van der Waals surface area contributed by atoms with E-state index >= 15 is 0 Å². The summed E-state index contributed by atoms with van der Waals surface area (Å²) in [6, 6.07) is 18.2. The molecule has 3 aromatic carbocycles. The van der Waals surface area contributed by atoms with Crippen LogP contribution in [0.15, 0.2) is 81.7 Å². The Balaban J connectivity index is 1.88. The Labute approximate surface area is 221 Å². The smallest absolute Gasteiger partial charge is 0.339 e. The molecule has 0 spiro atoms. The van der Waals surface area contributed by atoms with Crippen LogP contribution in [0.1, 0.15) is 18.1 Å². The number of amides is 1. The Kier molecular flexibility index (Phi) is 9.00. The number of hydrogen-bond donors (Lipinski definition) is 1. The molecule has 12 heteroatoms. The molecule has 0 aliphatic heterocycles. The van der Waals surface area contributed by atoms with Gasteiger partial charge in [-0.05, 0) is 64.3 Å². The molecule has 0 saturated carbocycles. The first-order valence-corrected chi connectivity index (χ1v) is 12.9. The van der Waals surface area contributed by atoms with Gasteiger partial charge in [-0.25, -0.2) is 0 Å². The number of benzene rings is 3. The summed E-state index contributed by atoms with van der Waals surface area (Å²) < 4.78 is 36.6. The lowest BCUT2D eigenvalue weighted by Crippen LogP contribution is -2.23. The largest absolute Gasteiger partial charge is 0.490 e. The van der Waals surface area contributed by atoms with Crippen LogP contribution >= 0.6 is 15.9 Å². The predicted octanol–water partition coefficient (Wildman–Crippen LogP) is 4.75. The second-order valence-electron chi connectivity index (χ2n) is 7.39. The van der Waals surface area contributed by atoms with Crippen molar-refractivity contribution >= 4 is 43.7 Å². The fraction of sp³-hybridized carbons (Fsp3) is 0.120. The fourth-order valence-electron chi connectivity index (χ4n) is 3.10. The molecule has 0 aliphatic carbocycles. The minimum absolute atomic E-state index is 0.0376. The van der Waals surface area contributed by atoms with E-state index in [0.29, 0.717) is 5.56 Å². The number of carbonyl (C=O) groups excluding carboxylic acids is 1. The highest BCUT2D eigenvalue weighted by Gasteiger charge is 2.23. The molecular weight excluding hydrogens is 566 g/mol. The van der Waals surface area contributed by atoms with E-state index in [1.807, 2.05) is 36.4 Å². The quantitative estimate of drug-likeness (QED) is 0.118. The normalized spacial score (nSPS) is 11.3. The Morgan fingerprint density at radius 1 is 1.16 bits per heavy atom. The zero-order chi connectivity index (χ0) is 27.0. The summed E-state index contributed by atoms with van der Waals surface area (Å²) in [6.07, 6.45) is 1.34. The molecule has 3 rings (SSSR count). The topological polar surface area (TPSA) is 149 Å². The van der Waals surface area contributed by atoms with E-state index in [4.69, 9.17) is 8.92 Å². The van der Waals surface area contributed by atoms with Crippen molar-refractivity contribution in [1.82, 2.24) is 5.32 Å². The highest BCUT2D eigenvalue weighted by atomic mass is 79.9. The molecule has 0 aromatic heterocycles. The summed E-state index contributed by atoms with van der Waals surface area (Å²) in [5.74, 6) is -0.707. The first-order valence-electron chi connectivity index (χ1n) is 10.7. The molecular formula is C25H20BrN3O7S. The van der Waals surface area contributed by atoms with Gasteiger partial charge in [-0.2, -0.15) is 13.7 Å². The lowest BCUT2D eigenvalue weighted by Gasteiger charge is -2.14. The van der Waals surface area contributed by atoms with E-state index in [0.717, 1.165) is 29.8 Å². The van der Waals surface area contributed by atoms with Crippen LogP contribution in [-0.4, -0.2) is 25.9 Å². The van der Waals surface area contributed by atoms with E-state index < -0.39 is 20.9 Å². The van der Waals surface area contributed by atoms with Crippen molar-refractivity contribution in [1.29, 1.82) is 5.26 Å². The summed E-state index contributed by atoms with van der Waals surface area (Å²) in [5.41, 5.74) is 0.803. The van der Waals surface area contributed by atoms with Crippen molar-refractivity contribution in [2.45, 2.75) is 18.4 Å². The molecule has 3 aromatic rings. The summed E-state index contributed by atoms with van der Waals surface area (Å²) in [6.45, 7) is 2.08. The molecule has 0 unspecified atom stereocenters. The Bertz CT molecular complexity index is 1480. The molecule has 0 radical (unpaired) electrons. The van der Waals surface area contributed by atoms with Gasteiger partial charge in [0.1, 0.15) is 16.5 Å². The van der Waals surface area contributed by atoms with Crippen LogP contribution in [0.25, 0.3) is 6.08 Å². The van der Waals surface area contributed by atoms with Gasteiger partial charge in [-0.3, -0.25) is 14.9 Å². The minimum atomic E-state index is -4.37. The molecule has 10 nitrogen and oxygen atoms in total. The lowest BCUT2D eigenvalue weighted by molar-refractivity contribution is -0.384. The predicted molar refractivity (Wildman–Crippen MR) is 138 cm³/mol. The number of nitrogens with zero attached hydrogens (tertiary/aromatic N) is 2. The summed E-state index contributed by atoms with van der Waals surface area (Å²) >= 11 is 3.26. The van der Waals surface area contributed by atoms with E-state index in [2.05, 4.69) is 21.2 Å². The van der Waals surface area contributed by atoms with Gasteiger partial charge in [-0.1, -0.05) is 30.3 Å². The second-order valence-corrected chi connectivity index (χ2v) is 9.79. The number of hydrogen-bond acceptors (Lipinski definition) is 8. The van der Waals surface area contributed by atoms with Crippen LogP contribution in [0, 0.1) is 21.4 Å². The molecule has 1 amide bonds. The molecule has 0 bridgehead atoms. The van der Waals surface area contributed by atoms with Crippen LogP contribution in [-0.2, 0) is 21.5 Å². The van der Waals surface area contributed by atoms with Gasteiger partial charge in [0.25, 0.3) is 11.6 Å². The van der Waals surface area contributed by atoms with Crippen molar-refractivity contribution in [2.75, 3.05) is 6.61 Å².